The Bertz CT molecular complexity index is 317. The second kappa shape index (κ2) is 5.20. The van der Waals surface area contributed by atoms with Gasteiger partial charge in [0.1, 0.15) is 0 Å². The highest BCUT2D eigenvalue weighted by atomic mass is 35.5. The van der Waals surface area contributed by atoms with E-state index in [1.807, 2.05) is 6.07 Å². The van der Waals surface area contributed by atoms with Crippen LogP contribution in [0.4, 0.5) is 0 Å². The van der Waals surface area contributed by atoms with Crippen molar-refractivity contribution in [2.45, 2.75) is 31.6 Å². The number of hydrogen-bond donors (Lipinski definition) is 0. The van der Waals surface area contributed by atoms with Gasteiger partial charge in [0, 0.05) is 13.2 Å². The first-order chi connectivity index (χ1) is 7.70. The molecule has 1 aliphatic rings. The van der Waals surface area contributed by atoms with Crippen molar-refractivity contribution in [3.05, 3.63) is 35.9 Å². The summed E-state index contributed by atoms with van der Waals surface area (Å²) in [5.41, 5.74) is 1.58. The number of hydrogen-bond acceptors (Lipinski definition) is 1. The lowest BCUT2D eigenvalue weighted by molar-refractivity contribution is 0.0193. The highest BCUT2D eigenvalue weighted by Gasteiger charge is 2.30. The largest absolute Gasteiger partial charge is 0.381 e. The van der Waals surface area contributed by atoms with Gasteiger partial charge in [-0.3, -0.25) is 0 Å². The maximum Gasteiger partial charge on any atom is 0.0590 e. The van der Waals surface area contributed by atoms with E-state index in [1.54, 1.807) is 0 Å². The lowest BCUT2D eigenvalue weighted by Gasteiger charge is -2.35. The Labute approximate surface area is 103 Å². The van der Waals surface area contributed by atoms with Gasteiger partial charge in [0.05, 0.1) is 5.38 Å². The Balaban J connectivity index is 1.98. The normalized spacial score (nSPS) is 21.6. The van der Waals surface area contributed by atoms with E-state index in [9.17, 15) is 0 Å². The maximum atomic E-state index is 6.49. The van der Waals surface area contributed by atoms with E-state index in [1.165, 1.54) is 5.56 Å². The summed E-state index contributed by atoms with van der Waals surface area (Å²) in [5, 5.41) is 0.129. The molecule has 0 bridgehead atoms. The fourth-order valence-corrected chi connectivity index (χ4v) is 2.80. The zero-order valence-electron chi connectivity index (χ0n) is 9.79. The van der Waals surface area contributed by atoms with Crippen LogP contribution in [0, 0.1) is 5.41 Å². The van der Waals surface area contributed by atoms with Gasteiger partial charge in [0.2, 0.25) is 0 Å². The monoisotopic (exact) mass is 238 g/mol. The van der Waals surface area contributed by atoms with Crippen molar-refractivity contribution in [2.24, 2.45) is 5.41 Å². The molecule has 1 aromatic carbocycles. The molecule has 1 saturated heterocycles. The molecule has 2 rings (SSSR count). The highest BCUT2D eigenvalue weighted by Crippen LogP contribution is 2.41. The third kappa shape index (κ3) is 2.99. The summed E-state index contributed by atoms with van der Waals surface area (Å²) in [7, 11) is 0. The van der Waals surface area contributed by atoms with Gasteiger partial charge < -0.3 is 4.74 Å². The molecule has 0 amide bonds. The van der Waals surface area contributed by atoms with E-state index in [2.05, 4.69) is 31.2 Å². The van der Waals surface area contributed by atoms with Crippen LogP contribution >= 0.6 is 11.6 Å². The molecule has 1 fully saturated rings. The SMILES string of the molecule is CC1(CC(Cl)c2ccccc2)CCOCC1. The Kier molecular flexibility index (Phi) is 3.88. The summed E-state index contributed by atoms with van der Waals surface area (Å²) in [6, 6.07) is 10.4. The first-order valence-corrected chi connectivity index (χ1v) is 6.40. The number of benzene rings is 1. The van der Waals surface area contributed by atoms with Gasteiger partial charge in [0.25, 0.3) is 0 Å². The molecular weight excluding hydrogens is 220 g/mol. The Morgan fingerprint density at radius 3 is 2.50 bits per heavy atom. The first-order valence-electron chi connectivity index (χ1n) is 5.96. The molecule has 2 heteroatoms. The Morgan fingerprint density at radius 2 is 1.88 bits per heavy atom. The number of halogens is 1. The summed E-state index contributed by atoms with van der Waals surface area (Å²) >= 11 is 6.49. The van der Waals surface area contributed by atoms with Crippen LogP contribution < -0.4 is 0 Å². The summed E-state index contributed by atoms with van der Waals surface area (Å²) in [6.45, 7) is 4.09. The minimum absolute atomic E-state index is 0.129. The van der Waals surface area contributed by atoms with Gasteiger partial charge in [-0.1, -0.05) is 37.3 Å². The van der Waals surface area contributed by atoms with E-state index < -0.39 is 0 Å². The molecule has 88 valence electrons. The second-order valence-electron chi connectivity index (χ2n) is 5.01. The van der Waals surface area contributed by atoms with Crippen LogP contribution in [0.25, 0.3) is 0 Å². The molecular formula is C14H19ClO. The summed E-state index contributed by atoms with van der Waals surface area (Å²) in [4.78, 5) is 0. The van der Waals surface area contributed by atoms with Gasteiger partial charge in [-0.2, -0.15) is 0 Å². The van der Waals surface area contributed by atoms with Crippen molar-refractivity contribution in [1.82, 2.24) is 0 Å². The van der Waals surface area contributed by atoms with E-state index in [0.717, 1.165) is 32.5 Å². The molecule has 0 saturated carbocycles. The molecule has 1 nitrogen and oxygen atoms in total. The van der Waals surface area contributed by atoms with Gasteiger partial charge >= 0.3 is 0 Å². The van der Waals surface area contributed by atoms with Crippen molar-refractivity contribution in [3.63, 3.8) is 0 Å². The fourth-order valence-electron chi connectivity index (χ4n) is 2.28. The lowest BCUT2D eigenvalue weighted by Crippen LogP contribution is -2.27. The Hall–Kier alpha value is -0.530. The molecule has 16 heavy (non-hydrogen) atoms. The van der Waals surface area contributed by atoms with E-state index in [4.69, 9.17) is 16.3 Å². The smallest absolute Gasteiger partial charge is 0.0590 e. The predicted octanol–water partition coefficient (Wildman–Crippen LogP) is 4.17. The number of ether oxygens (including phenoxy) is 1. The maximum absolute atomic E-state index is 6.49. The van der Waals surface area contributed by atoms with Crippen LogP contribution in [0.5, 0.6) is 0 Å². The van der Waals surface area contributed by atoms with E-state index >= 15 is 0 Å². The molecule has 1 unspecified atom stereocenters. The van der Waals surface area contributed by atoms with Crippen LogP contribution in [0.2, 0.25) is 0 Å². The fraction of sp³-hybridized carbons (Fsp3) is 0.571. The summed E-state index contributed by atoms with van der Waals surface area (Å²) in [6.07, 6.45) is 3.30. The minimum Gasteiger partial charge on any atom is -0.381 e. The number of alkyl halides is 1. The van der Waals surface area contributed by atoms with Crippen molar-refractivity contribution < 1.29 is 4.74 Å². The van der Waals surface area contributed by atoms with Crippen LogP contribution in [0.1, 0.15) is 37.1 Å². The molecule has 0 N–H and O–H groups in total. The topological polar surface area (TPSA) is 9.23 Å². The molecule has 1 atom stereocenters. The summed E-state index contributed by atoms with van der Waals surface area (Å²) < 4.78 is 5.41. The standard InChI is InChI=1S/C14H19ClO/c1-14(7-9-16-10-8-14)11-13(15)12-5-3-2-4-6-12/h2-6,13H,7-11H2,1H3. The molecule has 0 aliphatic carbocycles. The van der Waals surface area contributed by atoms with Crippen LogP contribution in [-0.4, -0.2) is 13.2 Å². The molecule has 1 aromatic rings. The van der Waals surface area contributed by atoms with Crippen LogP contribution in [0.15, 0.2) is 30.3 Å². The van der Waals surface area contributed by atoms with Gasteiger partial charge in [-0.05, 0) is 30.2 Å². The minimum atomic E-state index is 0.129. The molecule has 1 heterocycles. The zero-order chi connectivity index (χ0) is 11.4. The molecule has 0 radical (unpaired) electrons. The van der Waals surface area contributed by atoms with Crippen molar-refractivity contribution >= 4 is 11.6 Å². The molecule has 1 aliphatic heterocycles. The van der Waals surface area contributed by atoms with Crippen molar-refractivity contribution in [3.8, 4) is 0 Å². The second-order valence-corrected chi connectivity index (χ2v) is 5.53. The van der Waals surface area contributed by atoms with Crippen molar-refractivity contribution in [2.75, 3.05) is 13.2 Å². The van der Waals surface area contributed by atoms with Crippen LogP contribution in [0.3, 0.4) is 0 Å². The van der Waals surface area contributed by atoms with Gasteiger partial charge in [-0.25, -0.2) is 0 Å². The summed E-state index contributed by atoms with van der Waals surface area (Å²) in [5.74, 6) is 0. The number of rotatable bonds is 3. The van der Waals surface area contributed by atoms with Crippen LogP contribution in [-0.2, 0) is 4.74 Å². The van der Waals surface area contributed by atoms with Gasteiger partial charge in [-0.15, -0.1) is 11.6 Å². The van der Waals surface area contributed by atoms with E-state index in [0.29, 0.717) is 5.41 Å². The Morgan fingerprint density at radius 1 is 1.25 bits per heavy atom. The lowest BCUT2D eigenvalue weighted by atomic mass is 9.77. The first kappa shape index (κ1) is 11.9. The quantitative estimate of drug-likeness (QED) is 0.718. The third-order valence-electron chi connectivity index (χ3n) is 3.53. The molecule has 0 aromatic heterocycles. The van der Waals surface area contributed by atoms with Gasteiger partial charge in [0.15, 0.2) is 0 Å². The average Bonchev–Trinajstić information content (AvgIpc) is 2.30. The average molecular weight is 239 g/mol. The molecule has 0 spiro atoms. The van der Waals surface area contributed by atoms with E-state index in [-0.39, 0.29) is 5.38 Å². The predicted molar refractivity (Wildman–Crippen MR) is 67.8 cm³/mol. The van der Waals surface area contributed by atoms with Crippen molar-refractivity contribution in [1.29, 1.82) is 0 Å². The zero-order valence-corrected chi connectivity index (χ0v) is 10.5. The third-order valence-corrected chi connectivity index (χ3v) is 3.94. The highest BCUT2D eigenvalue weighted by molar-refractivity contribution is 6.20.